The first kappa shape index (κ1) is 18.4. The summed E-state index contributed by atoms with van der Waals surface area (Å²) in [5, 5.41) is 8.54. The van der Waals surface area contributed by atoms with Crippen LogP contribution in [-0.2, 0) is 0 Å². The number of benzene rings is 2. The van der Waals surface area contributed by atoms with Gasteiger partial charge in [-0.25, -0.2) is 0 Å². The third kappa shape index (κ3) is 4.22. The summed E-state index contributed by atoms with van der Waals surface area (Å²) in [5.41, 5.74) is 3.96. The lowest BCUT2D eigenvalue weighted by Crippen LogP contribution is -2.03. The zero-order valence-corrected chi connectivity index (χ0v) is 16.0. The second-order valence-electron chi connectivity index (χ2n) is 6.33. The number of carbonyl (C=O) groups excluding carboxylic acids is 1. The van der Waals surface area contributed by atoms with Gasteiger partial charge in [0.1, 0.15) is 0 Å². The maximum absolute atomic E-state index is 12.4. The van der Waals surface area contributed by atoms with Gasteiger partial charge >= 0.3 is 0 Å². The average Bonchev–Trinajstić information content (AvgIpc) is 3.14. The molecule has 0 aliphatic rings. The average molecular weight is 366 g/mol. The van der Waals surface area contributed by atoms with E-state index in [0.717, 1.165) is 17.5 Å². The molecule has 1 aromatic heterocycles. The molecule has 0 aliphatic carbocycles. The van der Waals surface area contributed by atoms with Crippen LogP contribution in [0.4, 0.5) is 0 Å². The number of aryl methyl sites for hydroxylation is 1. The summed E-state index contributed by atoms with van der Waals surface area (Å²) in [6.45, 7) is 6.35. The van der Waals surface area contributed by atoms with Gasteiger partial charge in [0, 0.05) is 11.1 Å². The largest absolute Gasteiger partial charge is 0.411 e. The van der Waals surface area contributed by atoms with Gasteiger partial charge in [0.05, 0.1) is 5.75 Å². The van der Waals surface area contributed by atoms with Crippen LogP contribution in [0.25, 0.3) is 11.5 Å². The monoisotopic (exact) mass is 366 g/mol. The van der Waals surface area contributed by atoms with Crippen molar-refractivity contribution in [3.63, 3.8) is 0 Å². The van der Waals surface area contributed by atoms with E-state index in [2.05, 4.69) is 24.0 Å². The van der Waals surface area contributed by atoms with Crippen molar-refractivity contribution in [3.8, 4) is 11.5 Å². The molecule has 0 saturated carbocycles. The highest BCUT2D eigenvalue weighted by Crippen LogP contribution is 2.26. The molecular formula is C21H22N2O2S. The Kier molecular flexibility index (Phi) is 5.89. The van der Waals surface area contributed by atoms with Gasteiger partial charge < -0.3 is 4.42 Å². The van der Waals surface area contributed by atoms with Crippen molar-refractivity contribution in [3.05, 3.63) is 65.2 Å². The highest BCUT2D eigenvalue weighted by Gasteiger charge is 2.14. The highest BCUT2D eigenvalue weighted by atomic mass is 32.2. The highest BCUT2D eigenvalue weighted by molar-refractivity contribution is 7.99. The van der Waals surface area contributed by atoms with Crippen molar-refractivity contribution in [1.29, 1.82) is 0 Å². The molecule has 0 unspecified atom stereocenters. The number of thioether (sulfide) groups is 1. The molecule has 5 heteroatoms. The fourth-order valence-electron chi connectivity index (χ4n) is 2.63. The van der Waals surface area contributed by atoms with Crippen LogP contribution in [0.1, 0.15) is 47.7 Å². The fraction of sp³-hybridized carbons (Fsp3) is 0.286. The Morgan fingerprint density at radius 2 is 1.85 bits per heavy atom. The number of nitrogens with zero attached hydrogens (tertiary/aromatic N) is 2. The van der Waals surface area contributed by atoms with E-state index in [1.54, 1.807) is 0 Å². The molecule has 0 aliphatic heterocycles. The molecule has 0 amide bonds. The number of hydrogen-bond acceptors (Lipinski definition) is 5. The molecule has 1 atom stereocenters. The second-order valence-corrected chi connectivity index (χ2v) is 7.26. The van der Waals surface area contributed by atoms with Crippen molar-refractivity contribution in [2.45, 2.75) is 38.3 Å². The number of hydrogen-bond donors (Lipinski definition) is 0. The lowest BCUT2D eigenvalue weighted by atomic mass is 9.97. The maximum Gasteiger partial charge on any atom is 0.277 e. The van der Waals surface area contributed by atoms with Gasteiger partial charge in [-0.2, -0.15) is 0 Å². The summed E-state index contributed by atoms with van der Waals surface area (Å²) in [7, 11) is 0. The third-order valence-corrected chi connectivity index (χ3v) is 5.34. The summed E-state index contributed by atoms with van der Waals surface area (Å²) in [6.07, 6.45) is 1.09. The summed E-state index contributed by atoms with van der Waals surface area (Å²) in [5.74, 6) is 1.32. The van der Waals surface area contributed by atoms with Crippen LogP contribution in [0.15, 0.2) is 58.2 Å². The standard InChI is InChI=1S/C21H22N2O2S/c1-4-14(2)16-9-11-17(12-10-16)19(24)13-26-21-23-22-20(25-21)18-8-6-5-7-15(18)3/h5-12,14H,4,13H2,1-3H3/t14-/m0/s1. The van der Waals surface area contributed by atoms with Crippen LogP contribution in [-0.4, -0.2) is 21.7 Å². The van der Waals surface area contributed by atoms with Crippen molar-refractivity contribution < 1.29 is 9.21 Å². The van der Waals surface area contributed by atoms with Gasteiger partial charge in [0.2, 0.25) is 5.89 Å². The predicted molar refractivity (Wildman–Crippen MR) is 105 cm³/mol. The molecule has 1 heterocycles. The summed E-state index contributed by atoms with van der Waals surface area (Å²) >= 11 is 1.27. The second kappa shape index (κ2) is 8.32. The predicted octanol–water partition coefficient (Wildman–Crippen LogP) is 5.53. The van der Waals surface area contributed by atoms with E-state index in [-0.39, 0.29) is 11.5 Å². The van der Waals surface area contributed by atoms with E-state index in [9.17, 15) is 4.79 Å². The van der Waals surface area contributed by atoms with Crippen LogP contribution in [0.3, 0.4) is 0 Å². The van der Waals surface area contributed by atoms with Crippen LogP contribution in [0, 0.1) is 6.92 Å². The SMILES string of the molecule is CC[C@H](C)c1ccc(C(=O)CSc2nnc(-c3ccccc3C)o2)cc1. The van der Waals surface area contributed by atoms with Crippen molar-refractivity contribution in [2.75, 3.05) is 5.75 Å². The molecule has 4 nitrogen and oxygen atoms in total. The number of aromatic nitrogens is 2. The van der Waals surface area contributed by atoms with Crippen molar-refractivity contribution in [2.24, 2.45) is 0 Å². The zero-order valence-electron chi connectivity index (χ0n) is 15.2. The van der Waals surface area contributed by atoms with E-state index in [0.29, 0.717) is 22.6 Å². The molecule has 0 N–H and O–H groups in total. The molecule has 0 spiro atoms. The Morgan fingerprint density at radius 3 is 2.54 bits per heavy atom. The minimum atomic E-state index is 0.0568. The lowest BCUT2D eigenvalue weighted by molar-refractivity contribution is 0.102. The third-order valence-electron chi connectivity index (χ3n) is 4.52. The Hall–Kier alpha value is -2.40. The Bertz CT molecular complexity index is 887. The Labute approximate surface area is 158 Å². The van der Waals surface area contributed by atoms with Gasteiger partial charge in [-0.1, -0.05) is 68.1 Å². The summed E-state index contributed by atoms with van der Waals surface area (Å²) < 4.78 is 5.69. The van der Waals surface area contributed by atoms with Gasteiger partial charge in [-0.15, -0.1) is 10.2 Å². The van der Waals surface area contributed by atoms with E-state index in [1.807, 2.05) is 55.5 Å². The maximum atomic E-state index is 12.4. The number of rotatable bonds is 7. The first-order valence-electron chi connectivity index (χ1n) is 8.74. The molecule has 0 radical (unpaired) electrons. The topological polar surface area (TPSA) is 56.0 Å². The normalized spacial score (nSPS) is 12.1. The van der Waals surface area contributed by atoms with Gasteiger partial charge in [0.15, 0.2) is 5.78 Å². The van der Waals surface area contributed by atoms with E-state index in [1.165, 1.54) is 17.3 Å². The van der Waals surface area contributed by atoms with Crippen molar-refractivity contribution >= 4 is 17.5 Å². The molecule has 3 rings (SSSR count). The molecule has 0 bridgehead atoms. The van der Waals surface area contributed by atoms with Crippen LogP contribution >= 0.6 is 11.8 Å². The smallest absolute Gasteiger partial charge is 0.277 e. The van der Waals surface area contributed by atoms with E-state index in [4.69, 9.17) is 4.42 Å². The number of carbonyl (C=O) groups is 1. The van der Waals surface area contributed by atoms with Gasteiger partial charge in [-0.05, 0) is 36.5 Å². The van der Waals surface area contributed by atoms with E-state index >= 15 is 0 Å². The Morgan fingerprint density at radius 1 is 1.12 bits per heavy atom. The van der Waals surface area contributed by atoms with Crippen LogP contribution in [0.5, 0.6) is 0 Å². The minimum absolute atomic E-state index is 0.0568. The molecule has 0 fully saturated rings. The first-order chi connectivity index (χ1) is 12.6. The van der Waals surface area contributed by atoms with Crippen LogP contribution < -0.4 is 0 Å². The molecule has 3 aromatic rings. The number of Topliss-reactive ketones (excluding diaryl/α,β-unsaturated/α-hetero) is 1. The quantitative estimate of drug-likeness (QED) is 0.406. The van der Waals surface area contributed by atoms with E-state index < -0.39 is 0 Å². The fourth-order valence-corrected chi connectivity index (χ4v) is 3.29. The molecule has 134 valence electrons. The first-order valence-corrected chi connectivity index (χ1v) is 9.72. The zero-order chi connectivity index (χ0) is 18.5. The van der Waals surface area contributed by atoms with Crippen LogP contribution in [0.2, 0.25) is 0 Å². The molecular weight excluding hydrogens is 344 g/mol. The number of ketones is 1. The molecule has 0 saturated heterocycles. The molecule has 26 heavy (non-hydrogen) atoms. The summed E-state index contributed by atoms with van der Waals surface area (Å²) in [4.78, 5) is 12.4. The van der Waals surface area contributed by atoms with Gasteiger partial charge in [-0.3, -0.25) is 4.79 Å². The lowest BCUT2D eigenvalue weighted by Gasteiger charge is -2.09. The van der Waals surface area contributed by atoms with Gasteiger partial charge in [0.25, 0.3) is 5.22 Å². The van der Waals surface area contributed by atoms with Crippen molar-refractivity contribution in [1.82, 2.24) is 10.2 Å². The minimum Gasteiger partial charge on any atom is -0.411 e. The Balaban J connectivity index is 1.62. The molecule has 2 aromatic carbocycles. The summed E-state index contributed by atoms with van der Waals surface area (Å²) in [6, 6.07) is 15.7.